The highest BCUT2D eigenvalue weighted by Crippen LogP contribution is 2.11. The Morgan fingerprint density at radius 2 is 1.63 bits per heavy atom. The predicted molar refractivity (Wildman–Crippen MR) is 84.3 cm³/mol. The molecule has 0 aliphatic rings. The fourth-order valence-corrected chi connectivity index (χ4v) is 2.35. The van der Waals surface area contributed by atoms with Gasteiger partial charge in [-0.05, 0) is 25.7 Å². The first kappa shape index (κ1) is 18.5. The number of hydrogen-bond donors (Lipinski definition) is 0. The smallest absolute Gasteiger partial charge is 0.222 e. The van der Waals surface area contributed by atoms with Gasteiger partial charge >= 0.3 is 0 Å². The van der Waals surface area contributed by atoms with Gasteiger partial charge in [0, 0.05) is 19.5 Å². The molecule has 0 aromatic rings. The SMILES string of the molecule is CCCCCCN(CC)C(=O)CCCCCC(C)C. The summed E-state index contributed by atoms with van der Waals surface area (Å²) >= 11 is 0. The van der Waals surface area contributed by atoms with Crippen LogP contribution in [0.1, 0.15) is 85.5 Å². The third-order valence-corrected chi connectivity index (χ3v) is 3.69. The summed E-state index contributed by atoms with van der Waals surface area (Å²) in [6.07, 6.45) is 10.6. The van der Waals surface area contributed by atoms with Crippen molar-refractivity contribution >= 4 is 5.91 Å². The van der Waals surface area contributed by atoms with Gasteiger partial charge in [0.2, 0.25) is 5.91 Å². The van der Waals surface area contributed by atoms with Gasteiger partial charge in [-0.25, -0.2) is 0 Å². The second-order valence-corrected chi connectivity index (χ2v) is 6.03. The van der Waals surface area contributed by atoms with E-state index in [0.717, 1.165) is 31.8 Å². The lowest BCUT2D eigenvalue weighted by Gasteiger charge is -2.20. The van der Waals surface area contributed by atoms with E-state index in [2.05, 4.69) is 27.7 Å². The van der Waals surface area contributed by atoms with Crippen molar-refractivity contribution in [3.05, 3.63) is 0 Å². The Kier molecular flexibility index (Phi) is 12.2. The molecule has 0 aromatic carbocycles. The molecule has 0 N–H and O–H groups in total. The molecule has 0 fully saturated rings. The molecule has 0 atom stereocenters. The molecular formula is C17H35NO. The lowest BCUT2D eigenvalue weighted by Crippen LogP contribution is -2.31. The first-order valence-corrected chi connectivity index (χ1v) is 8.39. The number of unbranched alkanes of at least 4 members (excludes halogenated alkanes) is 5. The van der Waals surface area contributed by atoms with Crippen LogP contribution in [-0.2, 0) is 4.79 Å². The minimum absolute atomic E-state index is 0.364. The molecular weight excluding hydrogens is 234 g/mol. The van der Waals surface area contributed by atoms with E-state index in [1.54, 1.807) is 0 Å². The van der Waals surface area contributed by atoms with Crippen molar-refractivity contribution in [1.82, 2.24) is 4.90 Å². The summed E-state index contributed by atoms with van der Waals surface area (Å²) in [4.78, 5) is 14.1. The van der Waals surface area contributed by atoms with Crippen LogP contribution < -0.4 is 0 Å². The molecule has 0 aliphatic heterocycles. The van der Waals surface area contributed by atoms with Gasteiger partial charge in [-0.15, -0.1) is 0 Å². The maximum Gasteiger partial charge on any atom is 0.222 e. The molecule has 0 bridgehead atoms. The number of nitrogens with zero attached hydrogens (tertiary/aromatic N) is 1. The van der Waals surface area contributed by atoms with Crippen LogP contribution in [0.2, 0.25) is 0 Å². The second kappa shape index (κ2) is 12.5. The molecule has 0 heterocycles. The molecule has 0 saturated carbocycles. The number of carbonyl (C=O) groups excluding carboxylic acids is 1. The van der Waals surface area contributed by atoms with E-state index in [1.165, 1.54) is 44.9 Å². The summed E-state index contributed by atoms with van der Waals surface area (Å²) in [6, 6.07) is 0. The normalized spacial score (nSPS) is 11.0. The zero-order valence-corrected chi connectivity index (χ0v) is 13.7. The van der Waals surface area contributed by atoms with Crippen molar-refractivity contribution < 1.29 is 4.79 Å². The van der Waals surface area contributed by atoms with E-state index in [4.69, 9.17) is 0 Å². The van der Waals surface area contributed by atoms with Crippen molar-refractivity contribution in [1.29, 1.82) is 0 Å². The maximum absolute atomic E-state index is 12.1. The summed E-state index contributed by atoms with van der Waals surface area (Å²) in [5.41, 5.74) is 0. The minimum atomic E-state index is 0.364. The molecule has 114 valence electrons. The van der Waals surface area contributed by atoms with E-state index in [1.807, 2.05) is 4.90 Å². The highest BCUT2D eigenvalue weighted by molar-refractivity contribution is 5.76. The lowest BCUT2D eigenvalue weighted by molar-refractivity contribution is -0.131. The van der Waals surface area contributed by atoms with Gasteiger partial charge < -0.3 is 4.90 Å². The van der Waals surface area contributed by atoms with Crippen LogP contribution in [0.5, 0.6) is 0 Å². The van der Waals surface area contributed by atoms with Crippen LogP contribution in [0.4, 0.5) is 0 Å². The van der Waals surface area contributed by atoms with Gasteiger partial charge in [-0.1, -0.05) is 59.3 Å². The molecule has 0 rings (SSSR count). The number of amides is 1. The van der Waals surface area contributed by atoms with Gasteiger partial charge in [-0.2, -0.15) is 0 Å². The van der Waals surface area contributed by atoms with E-state index in [-0.39, 0.29) is 0 Å². The Morgan fingerprint density at radius 1 is 0.947 bits per heavy atom. The summed E-state index contributed by atoms with van der Waals surface area (Å²) in [7, 11) is 0. The molecule has 0 saturated heterocycles. The van der Waals surface area contributed by atoms with Crippen LogP contribution in [0, 0.1) is 5.92 Å². The van der Waals surface area contributed by atoms with Crippen molar-refractivity contribution in [3.8, 4) is 0 Å². The fourth-order valence-electron chi connectivity index (χ4n) is 2.35. The van der Waals surface area contributed by atoms with Crippen LogP contribution in [-0.4, -0.2) is 23.9 Å². The number of carbonyl (C=O) groups is 1. The third-order valence-electron chi connectivity index (χ3n) is 3.69. The molecule has 0 unspecified atom stereocenters. The number of rotatable bonds is 12. The summed E-state index contributed by atoms with van der Waals surface area (Å²) in [5, 5.41) is 0. The van der Waals surface area contributed by atoms with Crippen molar-refractivity contribution in [2.24, 2.45) is 5.92 Å². The van der Waals surface area contributed by atoms with Crippen molar-refractivity contribution in [2.75, 3.05) is 13.1 Å². The fraction of sp³-hybridized carbons (Fsp3) is 0.941. The molecule has 2 nitrogen and oxygen atoms in total. The van der Waals surface area contributed by atoms with Crippen LogP contribution in [0.25, 0.3) is 0 Å². The lowest BCUT2D eigenvalue weighted by atomic mass is 10.0. The molecule has 1 amide bonds. The summed E-state index contributed by atoms with van der Waals surface area (Å²) in [6.45, 7) is 10.7. The van der Waals surface area contributed by atoms with E-state index in [0.29, 0.717) is 5.91 Å². The molecule has 2 heteroatoms. The van der Waals surface area contributed by atoms with Gasteiger partial charge in [-0.3, -0.25) is 4.79 Å². The Morgan fingerprint density at radius 3 is 2.21 bits per heavy atom. The summed E-state index contributed by atoms with van der Waals surface area (Å²) < 4.78 is 0. The quantitative estimate of drug-likeness (QED) is 0.455. The van der Waals surface area contributed by atoms with Gasteiger partial charge in [0.05, 0.1) is 0 Å². The second-order valence-electron chi connectivity index (χ2n) is 6.03. The van der Waals surface area contributed by atoms with Crippen LogP contribution in [0.15, 0.2) is 0 Å². The standard InChI is InChI=1S/C17H35NO/c1-5-7-8-12-15-18(6-2)17(19)14-11-9-10-13-16(3)4/h16H,5-15H2,1-4H3. The van der Waals surface area contributed by atoms with Gasteiger partial charge in [0.1, 0.15) is 0 Å². The van der Waals surface area contributed by atoms with Crippen LogP contribution >= 0.6 is 0 Å². The van der Waals surface area contributed by atoms with Crippen molar-refractivity contribution in [2.45, 2.75) is 85.5 Å². The van der Waals surface area contributed by atoms with Crippen LogP contribution in [0.3, 0.4) is 0 Å². The third kappa shape index (κ3) is 11.0. The highest BCUT2D eigenvalue weighted by Gasteiger charge is 2.10. The average molecular weight is 269 g/mol. The van der Waals surface area contributed by atoms with E-state index in [9.17, 15) is 4.79 Å². The first-order chi connectivity index (χ1) is 9.11. The van der Waals surface area contributed by atoms with E-state index < -0.39 is 0 Å². The van der Waals surface area contributed by atoms with Crippen molar-refractivity contribution in [3.63, 3.8) is 0 Å². The topological polar surface area (TPSA) is 20.3 Å². The molecule has 19 heavy (non-hydrogen) atoms. The molecule has 0 radical (unpaired) electrons. The zero-order chi connectivity index (χ0) is 14.5. The van der Waals surface area contributed by atoms with E-state index >= 15 is 0 Å². The largest absolute Gasteiger partial charge is 0.343 e. The Hall–Kier alpha value is -0.530. The minimum Gasteiger partial charge on any atom is -0.343 e. The maximum atomic E-state index is 12.1. The Labute approximate surface area is 120 Å². The van der Waals surface area contributed by atoms with Gasteiger partial charge in [0.25, 0.3) is 0 Å². The Balaban J connectivity index is 3.64. The zero-order valence-electron chi connectivity index (χ0n) is 13.7. The monoisotopic (exact) mass is 269 g/mol. The number of hydrogen-bond acceptors (Lipinski definition) is 1. The summed E-state index contributed by atoms with van der Waals surface area (Å²) in [5.74, 6) is 1.16. The van der Waals surface area contributed by atoms with Gasteiger partial charge in [0.15, 0.2) is 0 Å². The first-order valence-electron chi connectivity index (χ1n) is 8.39. The molecule has 0 aromatic heterocycles. The molecule has 0 aliphatic carbocycles. The highest BCUT2D eigenvalue weighted by atomic mass is 16.2. The molecule has 0 spiro atoms. The Bertz CT molecular complexity index is 213. The predicted octanol–water partition coefficient (Wildman–Crippen LogP) is 5.02. The average Bonchev–Trinajstić information content (AvgIpc) is 2.38.